The van der Waals surface area contributed by atoms with Crippen LogP contribution in [0.1, 0.15) is 18.9 Å². The number of nitrogens with one attached hydrogen (secondary N) is 1. The molecule has 0 unspecified atom stereocenters. The standard InChI is InChI=1S/C28H28N6O2/c1-4-34-12-5-13-35-27-24(34)10-8-21-26(27)28(30-16-29-21)32-19-6-11-25(18(2)14-19)36-20-7-9-23-22(15-20)31-17-33(23)3/h6-11,14-17H,4-5,12-13H2,1-3H3,(H,29,30,32). The highest BCUT2D eigenvalue weighted by atomic mass is 16.5. The normalized spacial score (nSPS) is 13.4. The fourth-order valence-corrected chi connectivity index (χ4v) is 4.76. The minimum atomic E-state index is 0.673. The first-order chi connectivity index (χ1) is 17.6. The molecule has 0 spiro atoms. The first-order valence-corrected chi connectivity index (χ1v) is 12.2. The average molecular weight is 481 g/mol. The minimum Gasteiger partial charge on any atom is -0.490 e. The van der Waals surface area contributed by atoms with Gasteiger partial charge in [-0.1, -0.05) is 0 Å². The number of aryl methyl sites for hydroxylation is 2. The van der Waals surface area contributed by atoms with E-state index in [1.165, 1.54) is 0 Å². The van der Waals surface area contributed by atoms with E-state index >= 15 is 0 Å². The van der Waals surface area contributed by atoms with Gasteiger partial charge >= 0.3 is 0 Å². The van der Waals surface area contributed by atoms with E-state index in [4.69, 9.17) is 9.47 Å². The molecule has 1 aliphatic rings. The van der Waals surface area contributed by atoms with Crippen LogP contribution in [0.15, 0.2) is 61.2 Å². The molecule has 36 heavy (non-hydrogen) atoms. The Hall–Kier alpha value is -4.33. The summed E-state index contributed by atoms with van der Waals surface area (Å²) in [6.45, 7) is 6.77. The lowest BCUT2D eigenvalue weighted by atomic mass is 10.1. The lowest BCUT2D eigenvalue weighted by molar-refractivity contribution is 0.326. The zero-order chi connectivity index (χ0) is 24.6. The van der Waals surface area contributed by atoms with Gasteiger partial charge in [-0.3, -0.25) is 0 Å². The van der Waals surface area contributed by atoms with Crippen LogP contribution in [0.5, 0.6) is 17.2 Å². The molecule has 0 saturated carbocycles. The van der Waals surface area contributed by atoms with Crippen molar-refractivity contribution < 1.29 is 9.47 Å². The van der Waals surface area contributed by atoms with Gasteiger partial charge in [0.2, 0.25) is 0 Å². The summed E-state index contributed by atoms with van der Waals surface area (Å²) in [6, 6.07) is 16.1. The van der Waals surface area contributed by atoms with Crippen LogP contribution >= 0.6 is 0 Å². The lowest BCUT2D eigenvalue weighted by Gasteiger charge is -2.23. The number of aromatic nitrogens is 4. The minimum absolute atomic E-state index is 0.673. The summed E-state index contributed by atoms with van der Waals surface area (Å²) in [5, 5.41) is 4.39. The van der Waals surface area contributed by atoms with Crippen LogP contribution in [0.2, 0.25) is 0 Å². The van der Waals surface area contributed by atoms with Gasteiger partial charge < -0.3 is 24.3 Å². The van der Waals surface area contributed by atoms with E-state index in [1.807, 2.05) is 54.9 Å². The number of imidazole rings is 1. The van der Waals surface area contributed by atoms with Gasteiger partial charge in [0.15, 0.2) is 5.75 Å². The van der Waals surface area contributed by atoms with Crippen molar-refractivity contribution in [3.05, 3.63) is 66.7 Å². The number of rotatable bonds is 5. The predicted octanol–water partition coefficient (Wildman–Crippen LogP) is 5.97. The maximum Gasteiger partial charge on any atom is 0.155 e. The van der Waals surface area contributed by atoms with Crippen molar-refractivity contribution in [3.63, 3.8) is 0 Å². The highest BCUT2D eigenvalue weighted by molar-refractivity contribution is 6.00. The van der Waals surface area contributed by atoms with Gasteiger partial charge in [-0.2, -0.15) is 0 Å². The van der Waals surface area contributed by atoms with Gasteiger partial charge in [0.1, 0.15) is 23.6 Å². The molecule has 2 aromatic heterocycles. The van der Waals surface area contributed by atoms with E-state index in [-0.39, 0.29) is 0 Å². The number of anilines is 3. The van der Waals surface area contributed by atoms with E-state index in [0.29, 0.717) is 6.61 Å². The van der Waals surface area contributed by atoms with E-state index in [9.17, 15) is 0 Å². The number of fused-ring (bicyclic) bond motifs is 4. The van der Waals surface area contributed by atoms with E-state index in [2.05, 4.69) is 44.2 Å². The van der Waals surface area contributed by atoms with Crippen molar-refractivity contribution in [2.24, 2.45) is 7.05 Å². The van der Waals surface area contributed by atoms with Gasteiger partial charge in [-0.25, -0.2) is 15.0 Å². The Labute approximate surface area is 209 Å². The Morgan fingerprint density at radius 1 is 1.03 bits per heavy atom. The molecular weight excluding hydrogens is 452 g/mol. The number of benzene rings is 3. The van der Waals surface area contributed by atoms with Gasteiger partial charge in [0.05, 0.1) is 40.6 Å². The van der Waals surface area contributed by atoms with Gasteiger partial charge in [0.25, 0.3) is 0 Å². The second-order valence-electron chi connectivity index (χ2n) is 9.03. The van der Waals surface area contributed by atoms with E-state index < -0.39 is 0 Å². The van der Waals surface area contributed by atoms with Gasteiger partial charge in [-0.15, -0.1) is 0 Å². The molecular formula is C28H28N6O2. The van der Waals surface area contributed by atoms with Crippen molar-refractivity contribution in [1.29, 1.82) is 0 Å². The number of hydrogen-bond acceptors (Lipinski definition) is 7. The molecule has 1 N–H and O–H groups in total. The highest BCUT2D eigenvalue weighted by Crippen LogP contribution is 2.41. The van der Waals surface area contributed by atoms with Crippen molar-refractivity contribution in [3.8, 4) is 17.2 Å². The first-order valence-electron chi connectivity index (χ1n) is 12.2. The second kappa shape index (κ2) is 9.03. The molecule has 0 aliphatic carbocycles. The second-order valence-corrected chi connectivity index (χ2v) is 9.03. The van der Waals surface area contributed by atoms with Crippen LogP contribution in [0.4, 0.5) is 17.2 Å². The topological polar surface area (TPSA) is 77.3 Å². The molecule has 8 heteroatoms. The van der Waals surface area contributed by atoms with Crippen molar-refractivity contribution in [1.82, 2.24) is 19.5 Å². The molecule has 0 atom stereocenters. The fraction of sp³-hybridized carbons (Fsp3) is 0.250. The Bertz CT molecular complexity index is 1580. The van der Waals surface area contributed by atoms with Crippen LogP contribution in [0.25, 0.3) is 21.9 Å². The molecule has 0 amide bonds. The molecule has 1 aliphatic heterocycles. The Balaban J connectivity index is 1.31. The number of ether oxygens (including phenoxy) is 2. The first kappa shape index (κ1) is 22.2. The van der Waals surface area contributed by atoms with Crippen molar-refractivity contribution >= 4 is 39.1 Å². The predicted molar refractivity (Wildman–Crippen MR) is 143 cm³/mol. The molecule has 182 valence electrons. The Kier molecular flexibility index (Phi) is 5.56. The molecule has 0 saturated heterocycles. The van der Waals surface area contributed by atoms with Crippen LogP contribution in [0, 0.1) is 6.92 Å². The smallest absolute Gasteiger partial charge is 0.155 e. The third-order valence-corrected chi connectivity index (χ3v) is 6.64. The third-order valence-electron chi connectivity index (χ3n) is 6.64. The van der Waals surface area contributed by atoms with Crippen molar-refractivity contribution in [2.45, 2.75) is 20.3 Å². The quantitative estimate of drug-likeness (QED) is 0.332. The SMILES string of the molecule is CCN1CCCOc2c1ccc1ncnc(Nc3ccc(Oc4ccc5c(c4)ncn5C)c(C)c3)c21. The molecule has 3 aromatic carbocycles. The van der Waals surface area contributed by atoms with Crippen LogP contribution in [0.3, 0.4) is 0 Å². The largest absolute Gasteiger partial charge is 0.490 e. The zero-order valence-corrected chi connectivity index (χ0v) is 20.7. The summed E-state index contributed by atoms with van der Waals surface area (Å²) < 4.78 is 14.4. The number of hydrogen-bond donors (Lipinski definition) is 1. The summed E-state index contributed by atoms with van der Waals surface area (Å²) in [6.07, 6.45) is 4.37. The molecule has 6 rings (SSSR count). The summed E-state index contributed by atoms with van der Waals surface area (Å²) in [5.41, 5.74) is 5.84. The summed E-state index contributed by atoms with van der Waals surface area (Å²) in [4.78, 5) is 15.8. The van der Waals surface area contributed by atoms with E-state index in [1.54, 1.807) is 12.7 Å². The maximum absolute atomic E-state index is 6.23. The Morgan fingerprint density at radius 3 is 2.81 bits per heavy atom. The molecule has 0 radical (unpaired) electrons. The van der Waals surface area contributed by atoms with Crippen LogP contribution in [-0.4, -0.2) is 39.2 Å². The number of nitrogens with zero attached hydrogens (tertiary/aromatic N) is 5. The van der Waals surface area contributed by atoms with Crippen molar-refractivity contribution in [2.75, 3.05) is 29.9 Å². The van der Waals surface area contributed by atoms with Gasteiger partial charge in [0, 0.05) is 31.9 Å². The lowest BCUT2D eigenvalue weighted by Crippen LogP contribution is -2.23. The molecule has 5 aromatic rings. The molecule has 3 heterocycles. The zero-order valence-electron chi connectivity index (χ0n) is 20.7. The highest BCUT2D eigenvalue weighted by Gasteiger charge is 2.21. The monoisotopic (exact) mass is 480 g/mol. The van der Waals surface area contributed by atoms with Crippen LogP contribution in [-0.2, 0) is 7.05 Å². The average Bonchev–Trinajstić information content (AvgIpc) is 3.12. The summed E-state index contributed by atoms with van der Waals surface area (Å²) in [7, 11) is 1.98. The summed E-state index contributed by atoms with van der Waals surface area (Å²) >= 11 is 0. The van der Waals surface area contributed by atoms with E-state index in [0.717, 1.165) is 81.5 Å². The molecule has 0 fully saturated rings. The Morgan fingerprint density at radius 2 is 1.94 bits per heavy atom. The molecule has 0 bridgehead atoms. The summed E-state index contributed by atoms with van der Waals surface area (Å²) in [5.74, 6) is 3.12. The third kappa shape index (κ3) is 3.94. The maximum atomic E-state index is 6.23. The molecule has 8 nitrogen and oxygen atoms in total. The van der Waals surface area contributed by atoms with Gasteiger partial charge in [-0.05, 0) is 68.3 Å². The van der Waals surface area contributed by atoms with Crippen LogP contribution < -0.4 is 19.7 Å². The fourth-order valence-electron chi connectivity index (χ4n) is 4.76.